The van der Waals surface area contributed by atoms with E-state index in [1.165, 1.54) is 0 Å². The van der Waals surface area contributed by atoms with Crippen LogP contribution in [0.5, 0.6) is 0 Å². The Kier molecular flexibility index (Phi) is 15.3. The molecule has 0 rings (SSSR count). The van der Waals surface area contributed by atoms with Gasteiger partial charge in [-0.2, -0.15) is 0 Å². The van der Waals surface area contributed by atoms with Crippen LogP contribution in [0.3, 0.4) is 0 Å². The van der Waals surface area contributed by atoms with E-state index in [-0.39, 0.29) is 0 Å². The van der Waals surface area contributed by atoms with Gasteiger partial charge in [-0.15, -0.1) is 0 Å². The molecule has 0 saturated carbocycles. The molecule has 22 heavy (non-hydrogen) atoms. The lowest BCUT2D eigenvalue weighted by Crippen LogP contribution is -2.40. The minimum Gasteiger partial charge on any atom is -0.379 e. The molecule has 0 aliphatic heterocycles. The van der Waals surface area contributed by atoms with Gasteiger partial charge in [0.25, 0.3) is 0 Å². The topological polar surface area (TPSA) is 118 Å². The van der Waals surface area contributed by atoms with E-state index >= 15 is 0 Å². The van der Waals surface area contributed by atoms with Crippen LogP contribution in [-0.4, -0.2) is 94.0 Å². The van der Waals surface area contributed by atoms with Crippen LogP contribution in [0.1, 0.15) is 12.8 Å². The van der Waals surface area contributed by atoms with Crippen LogP contribution in [0.4, 0.5) is 0 Å². The van der Waals surface area contributed by atoms with E-state index in [2.05, 4.69) is 26.2 Å². The second-order valence-electron chi connectivity index (χ2n) is 5.32. The maximum atomic E-state index is 9.51. The number of hydrogen-bond donors (Lipinski definition) is 7. The molecule has 0 fully saturated rings. The second kappa shape index (κ2) is 15.6. The zero-order chi connectivity index (χ0) is 16.6. The lowest BCUT2D eigenvalue weighted by molar-refractivity contribution is 0.118. The number of rotatable bonds is 16. The fourth-order valence-electron chi connectivity index (χ4n) is 2.01. The Bertz CT molecular complexity index is 235. The first kappa shape index (κ1) is 21.7. The number of nitrogens with two attached hydrogens (primary N) is 1. The molecule has 0 aromatic rings. The van der Waals surface area contributed by atoms with Crippen molar-refractivity contribution < 1.29 is 10.2 Å². The van der Waals surface area contributed by atoms with E-state index in [9.17, 15) is 10.2 Å². The van der Waals surface area contributed by atoms with Gasteiger partial charge in [-0.25, -0.2) is 0 Å². The molecule has 0 heterocycles. The van der Waals surface area contributed by atoms with Crippen LogP contribution < -0.4 is 27.0 Å². The summed E-state index contributed by atoms with van der Waals surface area (Å²) in [6, 6.07) is 0. The molecule has 0 aliphatic carbocycles. The Labute approximate surface area is 134 Å². The van der Waals surface area contributed by atoms with Gasteiger partial charge in [-0.05, 0) is 33.5 Å². The third-order valence-electron chi connectivity index (χ3n) is 3.51. The first-order valence-corrected chi connectivity index (χ1v) is 8.18. The Balaban J connectivity index is 3.51. The largest absolute Gasteiger partial charge is 0.379 e. The molecule has 0 amide bonds. The number of hydrogen-bond acceptors (Lipinski definition) is 8. The first-order chi connectivity index (χ1) is 10.6. The number of nitrogens with one attached hydrogen (secondary N) is 4. The zero-order valence-corrected chi connectivity index (χ0v) is 14.1. The Morgan fingerprint density at radius 2 is 1.41 bits per heavy atom. The van der Waals surface area contributed by atoms with Crippen LogP contribution in [0.15, 0.2) is 0 Å². The highest BCUT2D eigenvalue weighted by atomic mass is 16.3. The third kappa shape index (κ3) is 13.4. The fourth-order valence-corrected chi connectivity index (χ4v) is 2.01. The minimum atomic E-state index is -0.453. The second-order valence-corrected chi connectivity index (χ2v) is 5.32. The van der Waals surface area contributed by atoms with Crippen LogP contribution in [0.25, 0.3) is 0 Å². The van der Waals surface area contributed by atoms with Gasteiger partial charge in [-0.3, -0.25) is 10.6 Å². The summed E-state index contributed by atoms with van der Waals surface area (Å²) in [5.41, 5.74) is 5.61. The van der Waals surface area contributed by atoms with Gasteiger partial charge in [0.05, 0.1) is 0 Å². The van der Waals surface area contributed by atoms with E-state index in [1.807, 2.05) is 0 Å². The molecule has 0 saturated heterocycles. The van der Waals surface area contributed by atoms with Gasteiger partial charge in [0.2, 0.25) is 0 Å². The maximum absolute atomic E-state index is 9.51. The maximum Gasteiger partial charge on any atom is 0.105 e. The monoisotopic (exact) mass is 320 g/mol. The molecule has 0 aromatic carbocycles. The molecule has 0 spiro atoms. The molecular weight excluding hydrogens is 284 g/mol. The molecule has 8 nitrogen and oxygen atoms in total. The predicted molar refractivity (Wildman–Crippen MR) is 90.6 cm³/mol. The molecule has 8 N–H and O–H groups in total. The van der Waals surface area contributed by atoms with Crippen molar-refractivity contribution in [2.45, 2.75) is 25.3 Å². The van der Waals surface area contributed by atoms with Crippen molar-refractivity contribution in [3.63, 3.8) is 0 Å². The summed E-state index contributed by atoms with van der Waals surface area (Å²) in [6.45, 7) is 6.70. The molecule has 0 aromatic heterocycles. The van der Waals surface area contributed by atoms with Gasteiger partial charge < -0.3 is 31.5 Å². The van der Waals surface area contributed by atoms with Crippen molar-refractivity contribution in [1.82, 2.24) is 26.2 Å². The standard InChI is InChI=1S/C14H36N6O2/c1-16-13(21)3-6-18-7-8-19-9-12-20(11-5-15)10-4-14(22)17-2/h13-14,16-19,21-22H,3-12,15H2,1-2H3. The molecule has 0 bridgehead atoms. The van der Waals surface area contributed by atoms with Crippen molar-refractivity contribution in [3.05, 3.63) is 0 Å². The molecule has 0 radical (unpaired) electrons. The van der Waals surface area contributed by atoms with Crippen molar-refractivity contribution in [2.24, 2.45) is 5.73 Å². The summed E-state index contributed by atoms with van der Waals surface area (Å²) in [7, 11) is 3.50. The van der Waals surface area contributed by atoms with Crippen molar-refractivity contribution in [1.29, 1.82) is 0 Å². The summed E-state index contributed by atoms with van der Waals surface area (Å²) in [5, 5.41) is 31.1. The van der Waals surface area contributed by atoms with Gasteiger partial charge in [0.15, 0.2) is 0 Å². The van der Waals surface area contributed by atoms with Crippen LogP contribution >= 0.6 is 0 Å². The molecule has 8 heteroatoms. The SMILES string of the molecule is CNC(O)CCNCCNCCN(CCN)CCC(O)NC. The normalized spacial score (nSPS) is 14.5. The molecule has 2 atom stereocenters. The first-order valence-electron chi connectivity index (χ1n) is 8.18. The van der Waals surface area contributed by atoms with Gasteiger partial charge >= 0.3 is 0 Å². The van der Waals surface area contributed by atoms with E-state index in [1.54, 1.807) is 14.1 Å². The average molecular weight is 320 g/mol. The smallest absolute Gasteiger partial charge is 0.105 e. The highest BCUT2D eigenvalue weighted by molar-refractivity contribution is 4.63. The van der Waals surface area contributed by atoms with Crippen LogP contribution in [0, 0.1) is 0 Å². The van der Waals surface area contributed by atoms with Crippen molar-refractivity contribution in [2.75, 3.05) is 66.5 Å². The highest BCUT2D eigenvalue weighted by Gasteiger charge is 2.06. The Hall–Kier alpha value is -0.320. The van der Waals surface area contributed by atoms with Gasteiger partial charge in [0, 0.05) is 45.8 Å². The Morgan fingerprint density at radius 1 is 0.818 bits per heavy atom. The number of aliphatic hydroxyl groups excluding tert-OH is 2. The summed E-state index contributed by atoms with van der Waals surface area (Å²) >= 11 is 0. The average Bonchev–Trinajstić information content (AvgIpc) is 2.53. The van der Waals surface area contributed by atoms with E-state index in [4.69, 9.17) is 5.73 Å². The van der Waals surface area contributed by atoms with E-state index < -0.39 is 12.5 Å². The fraction of sp³-hybridized carbons (Fsp3) is 1.00. The predicted octanol–water partition coefficient (Wildman–Crippen LogP) is -2.72. The lowest BCUT2D eigenvalue weighted by atomic mass is 10.3. The van der Waals surface area contributed by atoms with Crippen LogP contribution in [0.2, 0.25) is 0 Å². The quantitative estimate of drug-likeness (QED) is 0.121. The summed E-state index contributed by atoms with van der Waals surface area (Å²) in [4.78, 5) is 2.25. The van der Waals surface area contributed by atoms with Gasteiger partial charge in [-0.1, -0.05) is 0 Å². The zero-order valence-electron chi connectivity index (χ0n) is 14.1. The van der Waals surface area contributed by atoms with Gasteiger partial charge in [0.1, 0.15) is 12.5 Å². The lowest BCUT2D eigenvalue weighted by Gasteiger charge is -2.23. The van der Waals surface area contributed by atoms with Crippen LogP contribution in [-0.2, 0) is 0 Å². The Morgan fingerprint density at radius 3 is 2.00 bits per heavy atom. The van der Waals surface area contributed by atoms with Crippen molar-refractivity contribution >= 4 is 0 Å². The molecular formula is C14H36N6O2. The summed E-state index contributed by atoms with van der Waals surface area (Å²) < 4.78 is 0. The highest BCUT2D eigenvalue weighted by Crippen LogP contribution is 1.93. The minimum absolute atomic E-state index is 0.432. The number of aliphatic hydroxyl groups is 2. The number of nitrogens with zero attached hydrogens (tertiary/aromatic N) is 1. The van der Waals surface area contributed by atoms with E-state index in [0.29, 0.717) is 19.4 Å². The van der Waals surface area contributed by atoms with Crippen molar-refractivity contribution in [3.8, 4) is 0 Å². The summed E-state index contributed by atoms with van der Waals surface area (Å²) in [5.74, 6) is 0. The van der Waals surface area contributed by atoms with E-state index in [0.717, 1.165) is 45.8 Å². The summed E-state index contributed by atoms with van der Waals surface area (Å²) in [6.07, 6.45) is 0.518. The third-order valence-corrected chi connectivity index (χ3v) is 3.51. The molecule has 0 aliphatic rings. The molecule has 134 valence electrons. The molecule has 2 unspecified atom stereocenters.